The lowest BCUT2D eigenvalue weighted by Gasteiger charge is -2.04. The summed E-state index contributed by atoms with van der Waals surface area (Å²) in [6.07, 6.45) is 0. The Hall–Kier alpha value is -3.16. The van der Waals surface area contributed by atoms with Crippen molar-refractivity contribution in [3.63, 3.8) is 0 Å². The standard InChI is InChI=1S/C17H20N6O2/c1-10(2)13-9-12(22-23(13)3)16(24)19-17-18-15(20-21-17)11-7-5-6-8-14(11)25-4/h5-10H,1-4H3,(H2,18,19,20,21,24). The van der Waals surface area contributed by atoms with Crippen LogP contribution in [0, 0.1) is 0 Å². The topological polar surface area (TPSA) is 97.7 Å². The summed E-state index contributed by atoms with van der Waals surface area (Å²) in [5, 5.41) is 13.7. The highest BCUT2D eigenvalue weighted by molar-refractivity contribution is 6.02. The van der Waals surface area contributed by atoms with E-state index in [1.165, 1.54) is 0 Å². The second-order valence-corrected chi connectivity index (χ2v) is 5.89. The summed E-state index contributed by atoms with van der Waals surface area (Å²) in [6, 6.07) is 9.21. The van der Waals surface area contributed by atoms with E-state index in [4.69, 9.17) is 4.74 Å². The smallest absolute Gasteiger partial charge is 0.278 e. The van der Waals surface area contributed by atoms with Crippen LogP contribution in [-0.2, 0) is 7.05 Å². The molecule has 2 N–H and O–H groups in total. The molecule has 2 heterocycles. The third-order valence-electron chi connectivity index (χ3n) is 3.81. The minimum atomic E-state index is -0.354. The summed E-state index contributed by atoms with van der Waals surface area (Å²) in [5.41, 5.74) is 2.07. The fourth-order valence-electron chi connectivity index (χ4n) is 2.58. The monoisotopic (exact) mass is 340 g/mol. The highest BCUT2D eigenvalue weighted by Crippen LogP contribution is 2.27. The number of aryl methyl sites for hydroxylation is 1. The van der Waals surface area contributed by atoms with Gasteiger partial charge >= 0.3 is 0 Å². The van der Waals surface area contributed by atoms with Crippen LogP contribution in [0.3, 0.4) is 0 Å². The quantitative estimate of drug-likeness (QED) is 0.744. The van der Waals surface area contributed by atoms with E-state index in [-0.39, 0.29) is 17.8 Å². The van der Waals surface area contributed by atoms with Crippen molar-refractivity contribution >= 4 is 11.9 Å². The van der Waals surface area contributed by atoms with Crippen molar-refractivity contribution in [1.82, 2.24) is 25.0 Å². The first kappa shape index (κ1) is 16.7. The van der Waals surface area contributed by atoms with Gasteiger partial charge in [0.1, 0.15) is 5.75 Å². The third kappa shape index (κ3) is 3.37. The van der Waals surface area contributed by atoms with Crippen LogP contribution in [0.1, 0.15) is 35.9 Å². The molecule has 2 aromatic heterocycles. The molecule has 0 bridgehead atoms. The number of carbonyl (C=O) groups is 1. The maximum absolute atomic E-state index is 12.4. The maximum Gasteiger partial charge on any atom is 0.278 e. The molecule has 0 aliphatic carbocycles. The Balaban J connectivity index is 1.79. The Morgan fingerprint density at radius 1 is 1.32 bits per heavy atom. The number of methoxy groups -OCH3 is 1. The molecule has 0 atom stereocenters. The van der Waals surface area contributed by atoms with E-state index in [2.05, 4.69) is 25.6 Å². The van der Waals surface area contributed by atoms with Crippen molar-refractivity contribution in [3.8, 4) is 17.1 Å². The number of aromatic amines is 1. The number of para-hydroxylation sites is 1. The summed E-state index contributed by atoms with van der Waals surface area (Å²) >= 11 is 0. The summed E-state index contributed by atoms with van der Waals surface area (Å²) in [5.74, 6) is 1.29. The Bertz CT molecular complexity index is 896. The van der Waals surface area contributed by atoms with E-state index < -0.39 is 0 Å². The number of carbonyl (C=O) groups excluding carboxylic acids is 1. The fraction of sp³-hybridized carbons (Fsp3) is 0.294. The molecule has 1 aromatic carbocycles. The maximum atomic E-state index is 12.4. The predicted molar refractivity (Wildman–Crippen MR) is 93.6 cm³/mol. The lowest BCUT2D eigenvalue weighted by atomic mass is 10.1. The average molecular weight is 340 g/mol. The minimum absolute atomic E-state index is 0.183. The van der Waals surface area contributed by atoms with Crippen molar-refractivity contribution in [2.75, 3.05) is 12.4 Å². The van der Waals surface area contributed by atoms with Gasteiger partial charge in [-0.3, -0.25) is 19.9 Å². The number of aromatic nitrogens is 5. The Labute approximate surface area is 145 Å². The van der Waals surface area contributed by atoms with E-state index in [0.717, 1.165) is 11.3 Å². The zero-order valence-corrected chi connectivity index (χ0v) is 14.6. The average Bonchev–Trinajstić information content (AvgIpc) is 3.21. The van der Waals surface area contributed by atoms with E-state index in [1.807, 2.05) is 45.2 Å². The number of ether oxygens (including phenoxy) is 1. The summed E-state index contributed by atoms with van der Waals surface area (Å²) < 4.78 is 7.02. The van der Waals surface area contributed by atoms with Crippen LogP contribution in [0.5, 0.6) is 5.75 Å². The first-order chi connectivity index (χ1) is 12.0. The lowest BCUT2D eigenvalue weighted by molar-refractivity contribution is 0.102. The Morgan fingerprint density at radius 3 is 2.76 bits per heavy atom. The van der Waals surface area contributed by atoms with E-state index in [1.54, 1.807) is 17.9 Å². The fourth-order valence-corrected chi connectivity index (χ4v) is 2.58. The number of benzene rings is 1. The van der Waals surface area contributed by atoms with E-state index in [9.17, 15) is 4.79 Å². The molecule has 8 nitrogen and oxygen atoms in total. The van der Waals surface area contributed by atoms with E-state index in [0.29, 0.717) is 17.3 Å². The number of rotatable bonds is 5. The molecule has 0 aliphatic heterocycles. The van der Waals surface area contributed by atoms with Crippen LogP contribution >= 0.6 is 0 Å². The number of H-pyrrole nitrogens is 1. The predicted octanol–water partition coefficient (Wildman–Crippen LogP) is 2.59. The first-order valence-electron chi connectivity index (χ1n) is 7.90. The summed E-state index contributed by atoms with van der Waals surface area (Å²) in [7, 11) is 3.41. The number of hydrogen-bond donors (Lipinski definition) is 2. The largest absolute Gasteiger partial charge is 0.496 e. The molecule has 0 unspecified atom stereocenters. The van der Waals surface area contributed by atoms with Gasteiger partial charge in [0, 0.05) is 12.7 Å². The van der Waals surface area contributed by atoms with Gasteiger partial charge in [0.05, 0.1) is 12.7 Å². The van der Waals surface area contributed by atoms with Crippen molar-refractivity contribution in [1.29, 1.82) is 0 Å². The van der Waals surface area contributed by atoms with Gasteiger partial charge < -0.3 is 4.74 Å². The van der Waals surface area contributed by atoms with Gasteiger partial charge in [-0.2, -0.15) is 10.1 Å². The van der Waals surface area contributed by atoms with Crippen LogP contribution in [0.15, 0.2) is 30.3 Å². The SMILES string of the molecule is COc1ccccc1-c1nc(NC(=O)c2cc(C(C)C)n(C)n2)n[nH]1. The van der Waals surface area contributed by atoms with Gasteiger partial charge in [-0.25, -0.2) is 0 Å². The number of amides is 1. The lowest BCUT2D eigenvalue weighted by Crippen LogP contribution is -2.14. The van der Waals surface area contributed by atoms with Crippen molar-refractivity contribution in [2.45, 2.75) is 19.8 Å². The summed E-state index contributed by atoms with van der Waals surface area (Å²) in [4.78, 5) is 16.7. The second kappa shape index (κ2) is 6.76. The van der Waals surface area contributed by atoms with Crippen LogP contribution in [0.4, 0.5) is 5.95 Å². The Morgan fingerprint density at radius 2 is 2.08 bits per heavy atom. The van der Waals surface area contributed by atoms with Gasteiger partial charge in [-0.1, -0.05) is 26.0 Å². The minimum Gasteiger partial charge on any atom is -0.496 e. The summed E-state index contributed by atoms with van der Waals surface area (Å²) in [6.45, 7) is 4.10. The van der Waals surface area contributed by atoms with Gasteiger partial charge in [0.2, 0.25) is 5.95 Å². The molecular weight excluding hydrogens is 320 g/mol. The van der Waals surface area contributed by atoms with Gasteiger partial charge in [-0.05, 0) is 24.1 Å². The number of hydrogen-bond acceptors (Lipinski definition) is 5. The molecule has 0 saturated heterocycles. The third-order valence-corrected chi connectivity index (χ3v) is 3.81. The van der Waals surface area contributed by atoms with Gasteiger partial charge in [0.15, 0.2) is 11.5 Å². The number of nitrogens with one attached hydrogen (secondary N) is 2. The zero-order chi connectivity index (χ0) is 18.0. The molecule has 3 rings (SSSR count). The molecule has 0 aliphatic rings. The number of anilines is 1. The van der Waals surface area contributed by atoms with Crippen molar-refractivity contribution in [2.24, 2.45) is 7.05 Å². The van der Waals surface area contributed by atoms with Crippen molar-refractivity contribution < 1.29 is 9.53 Å². The molecule has 1 amide bonds. The molecule has 3 aromatic rings. The van der Waals surface area contributed by atoms with Gasteiger partial charge in [-0.15, -0.1) is 5.10 Å². The highest BCUT2D eigenvalue weighted by atomic mass is 16.5. The normalized spacial score (nSPS) is 10.9. The van der Waals surface area contributed by atoms with Crippen LogP contribution in [-0.4, -0.2) is 38.0 Å². The van der Waals surface area contributed by atoms with E-state index >= 15 is 0 Å². The molecule has 130 valence electrons. The molecule has 0 fully saturated rings. The number of nitrogens with zero attached hydrogens (tertiary/aromatic N) is 4. The molecular formula is C17H20N6O2. The van der Waals surface area contributed by atoms with Crippen LogP contribution < -0.4 is 10.1 Å². The molecule has 8 heteroatoms. The van der Waals surface area contributed by atoms with Gasteiger partial charge in [0.25, 0.3) is 5.91 Å². The molecule has 0 saturated carbocycles. The zero-order valence-electron chi connectivity index (χ0n) is 14.6. The Kier molecular flexibility index (Phi) is 4.51. The highest BCUT2D eigenvalue weighted by Gasteiger charge is 2.17. The van der Waals surface area contributed by atoms with Crippen LogP contribution in [0.2, 0.25) is 0 Å². The van der Waals surface area contributed by atoms with Crippen molar-refractivity contribution in [3.05, 3.63) is 41.7 Å². The molecule has 0 radical (unpaired) electrons. The van der Waals surface area contributed by atoms with Crippen LogP contribution in [0.25, 0.3) is 11.4 Å². The molecule has 25 heavy (non-hydrogen) atoms. The molecule has 0 spiro atoms. The second-order valence-electron chi connectivity index (χ2n) is 5.89. The first-order valence-corrected chi connectivity index (χ1v) is 7.90.